The number of carboxylic acids is 1. The van der Waals surface area contributed by atoms with Gasteiger partial charge in [0.15, 0.2) is 11.9 Å². The largest absolute Gasteiger partial charge is 0.497 e. The van der Waals surface area contributed by atoms with Crippen molar-refractivity contribution in [1.82, 2.24) is 47.4 Å². The highest BCUT2D eigenvalue weighted by atomic mass is 33.1. The molecular formula is C45H69N17O14S2. The molecule has 21 N–H and O–H groups in total. The van der Waals surface area contributed by atoms with Crippen molar-refractivity contribution in [2.24, 2.45) is 44.4 Å². The zero-order chi connectivity index (χ0) is 58.1. The van der Waals surface area contributed by atoms with E-state index in [1.807, 2.05) is 0 Å². The van der Waals surface area contributed by atoms with E-state index in [2.05, 4.69) is 52.5 Å². The highest BCUT2D eigenvalue weighted by Gasteiger charge is 2.40. The Bertz CT molecular complexity index is 2410. The number of rotatable bonds is 17. The predicted octanol–water partition coefficient (Wildman–Crippen LogP) is -6.90. The molecule has 31 nitrogen and oxygen atoms in total. The summed E-state index contributed by atoms with van der Waals surface area (Å²) < 4.78 is 5.22. The molecule has 0 saturated carbocycles. The van der Waals surface area contributed by atoms with Gasteiger partial charge in [0, 0.05) is 44.5 Å². The zero-order valence-electron chi connectivity index (χ0n) is 42.9. The standard InChI is InChI=1S/C45H69N17O14S2/c1-22(63)55-31-21-78-77-20-30(36(47)68)61-38(70)26(7-4-14-53-45(50)51)57-39(71)27(16-23-9-11-24(76-2)12-10-23)59-40(72)28(18-35(66)67)56-34(65)19-54-37(69)25(6-3-13-52-44(48)49)58-42(74)32-8-5-15-62(32)43(75)29(17-33(46)64)60-41(31)73/h9-12,25-32H,3-8,13-21H2,1-2H3,(H2,46,64)(H2,47,68)(H,54,69)(H,55,63)(H,56,65)(H,57,71)(H,58,74)(H,59,72)(H,60,73)(H,61,70)(H,66,67)(H4,48,49,52)(H4,50,51,53)/t25-,26+,27+,28-,29-,30+,31+,32+/m1/s1. The molecule has 0 radical (unpaired) electrons. The monoisotopic (exact) mass is 1140 g/mol. The maximum absolute atomic E-state index is 14.3. The first-order valence-corrected chi connectivity index (χ1v) is 26.8. The summed E-state index contributed by atoms with van der Waals surface area (Å²) in [6, 6.07) is -5.84. The Balaban J connectivity index is 2.13. The van der Waals surface area contributed by atoms with Gasteiger partial charge in [-0.25, -0.2) is 0 Å². The number of amides is 11. The summed E-state index contributed by atoms with van der Waals surface area (Å²) in [5, 5.41) is 29.4. The van der Waals surface area contributed by atoms with Crippen LogP contribution in [-0.2, 0) is 64.0 Å². The van der Waals surface area contributed by atoms with Crippen LogP contribution in [0.4, 0.5) is 0 Å². The molecule has 8 atom stereocenters. The van der Waals surface area contributed by atoms with E-state index < -0.39 is 139 Å². The van der Waals surface area contributed by atoms with Crippen LogP contribution in [0.15, 0.2) is 34.3 Å². The first-order chi connectivity index (χ1) is 36.9. The number of fused-ring (bicyclic) bond motifs is 1. The third-order valence-corrected chi connectivity index (χ3v) is 14.0. The molecular weight excluding hydrogens is 1070 g/mol. The van der Waals surface area contributed by atoms with E-state index in [9.17, 15) is 62.6 Å². The van der Waals surface area contributed by atoms with Crippen LogP contribution in [0, 0.1) is 0 Å². The number of hydrogen-bond donors (Lipinski definition) is 15. The van der Waals surface area contributed by atoms with Crippen molar-refractivity contribution in [3.63, 3.8) is 0 Å². The molecule has 2 saturated heterocycles. The van der Waals surface area contributed by atoms with Gasteiger partial charge in [-0.2, -0.15) is 0 Å². The number of primary amides is 2. The minimum absolute atomic E-state index is 0.00763. The number of nitrogens with one attached hydrogen (secondary N) is 8. The lowest BCUT2D eigenvalue weighted by Gasteiger charge is -2.30. The lowest BCUT2D eigenvalue weighted by atomic mass is 10.0. The molecule has 2 heterocycles. The Morgan fingerprint density at radius 3 is 1.81 bits per heavy atom. The summed E-state index contributed by atoms with van der Waals surface area (Å²) >= 11 is 0. The SMILES string of the molecule is COc1ccc(C[C@@H]2NC(=O)[C@@H](CC(=O)O)NC(=O)CNC(=O)[C@@H](CCCN=C(N)N)NC(=O)[C@@H]3CCCN3C(=O)[C@@H](CC(N)=O)NC(=O)[C@@H](NC(C)=O)CSSC[C@@H](C(N)=O)NC(=O)[C@H](CCCN=C(N)N)NC2=O)cc1. The second kappa shape index (κ2) is 32.5. The minimum atomic E-state index is -1.88. The van der Waals surface area contributed by atoms with Gasteiger partial charge >= 0.3 is 5.97 Å². The van der Waals surface area contributed by atoms with Crippen LogP contribution in [0.3, 0.4) is 0 Å². The predicted molar refractivity (Wildman–Crippen MR) is 284 cm³/mol. The summed E-state index contributed by atoms with van der Waals surface area (Å²) in [5.41, 5.74) is 33.5. The quantitative estimate of drug-likeness (QED) is 0.0298. The van der Waals surface area contributed by atoms with Crippen molar-refractivity contribution in [2.45, 2.75) is 113 Å². The van der Waals surface area contributed by atoms with Gasteiger partial charge in [-0.3, -0.25) is 67.5 Å². The molecule has 0 aliphatic carbocycles. The van der Waals surface area contributed by atoms with Crippen molar-refractivity contribution >= 4 is 104 Å². The van der Waals surface area contributed by atoms with Crippen LogP contribution in [0.1, 0.15) is 63.9 Å². The fourth-order valence-corrected chi connectivity index (χ4v) is 10.1. The molecule has 2 aliphatic heterocycles. The Morgan fingerprint density at radius 1 is 0.692 bits per heavy atom. The van der Waals surface area contributed by atoms with Crippen LogP contribution in [0.25, 0.3) is 0 Å². The molecule has 3 rings (SSSR count). The molecule has 0 spiro atoms. The highest BCUT2D eigenvalue weighted by Crippen LogP contribution is 2.24. The second-order valence-corrected chi connectivity index (χ2v) is 20.3. The molecule has 11 amide bonds. The van der Waals surface area contributed by atoms with E-state index in [0.717, 1.165) is 33.4 Å². The Morgan fingerprint density at radius 2 is 1.24 bits per heavy atom. The number of methoxy groups -OCH3 is 1. The maximum atomic E-state index is 14.3. The third kappa shape index (κ3) is 22.6. The molecule has 0 unspecified atom stereocenters. The Hall–Kier alpha value is -8.10. The van der Waals surface area contributed by atoms with Gasteiger partial charge in [-0.1, -0.05) is 33.7 Å². The number of carbonyl (C=O) groups excluding carboxylic acids is 11. The molecule has 2 fully saturated rings. The molecule has 0 bridgehead atoms. The van der Waals surface area contributed by atoms with Crippen LogP contribution in [0.5, 0.6) is 5.75 Å². The number of carboxylic acid groups (broad SMARTS) is 1. The van der Waals surface area contributed by atoms with E-state index in [4.69, 9.17) is 39.1 Å². The number of carbonyl (C=O) groups is 12. The van der Waals surface area contributed by atoms with E-state index in [-0.39, 0.29) is 88.0 Å². The van der Waals surface area contributed by atoms with E-state index >= 15 is 0 Å². The Labute approximate surface area is 455 Å². The average Bonchev–Trinajstić information content (AvgIpc) is 3.87. The van der Waals surface area contributed by atoms with E-state index in [1.54, 1.807) is 24.3 Å². The number of nitrogens with zero attached hydrogens (tertiary/aromatic N) is 3. The normalized spacial score (nSPS) is 23.7. The Kier molecular flexibility index (Phi) is 26.7. The van der Waals surface area contributed by atoms with Gasteiger partial charge in [-0.15, -0.1) is 0 Å². The van der Waals surface area contributed by atoms with Crippen molar-refractivity contribution < 1.29 is 67.4 Å². The van der Waals surface area contributed by atoms with Crippen LogP contribution in [-0.4, -0.2) is 186 Å². The summed E-state index contributed by atoms with van der Waals surface area (Å²) in [5.74, 6) is -12.7. The van der Waals surface area contributed by atoms with Crippen molar-refractivity contribution in [2.75, 3.05) is 44.8 Å². The number of aliphatic carboxylic acids is 1. The average molecular weight is 1140 g/mol. The van der Waals surface area contributed by atoms with Gasteiger partial charge < -0.3 is 91.7 Å². The molecule has 430 valence electrons. The van der Waals surface area contributed by atoms with Crippen LogP contribution < -0.4 is 81.7 Å². The summed E-state index contributed by atoms with van der Waals surface area (Å²) in [7, 11) is 3.28. The topological polar surface area (TPSA) is 515 Å². The van der Waals surface area contributed by atoms with Crippen LogP contribution >= 0.6 is 21.6 Å². The lowest BCUT2D eigenvalue weighted by Crippen LogP contribution is -2.59. The van der Waals surface area contributed by atoms with E-state index in [1.165, 1.54) is 7.11 Å². The van der Waals surface area contributed by atoms with Gasteiger partial charge in [0.25, 0.3) is 0 Å². The highest BCUT2D eigenvalue weighted by molar-refractivity contribution is 8.76. The number of nitrogens with two attached hydrogens (primary N) is 6. The molecule has 1 aromatic rings. The smallest absolute Gasteiger partial charge is 0.305 e. The first kappa shape index (κ1) is 64.2. The summed E-state index contributed by atoms with van der Waals surface area (Å²) in [6.45, 7) is 0.154. The van der Waals surface area contributed by atoms with Gasteiger partial charge in [0.05, 0.1) is 26.5 Å². The van der Waals surface area contributed by atoms with Crippen molar-refractivity contribution in [3.8, 4) is 5.75 Å². The molecule has 33 heteroatoms. The molecule has 1 aromatic carbocycles. The van der Waals surface area contributed by atoms with Crippen molar-refractivity contribution in [1.29, 1.82) is 0 Å². The first-order valence-electron chi connectivity index (χ1n) is 24.3. The van der Waals surface area contributed by atoms with Crippen LogP contribution in [0.2, 0.25) is 0 Å². The van der Waals surface area contributed by atoms with Gasteiger partial charge in [0.1, 0.15) is 54.1 Å². The second-order valence-electron chi connectivity index (χ2n) is 17.8. The maximum Gasteiger partial charge on any atom is 0.305 e. The number of aliphatic imine (C=N–C) groups is 2. The van der Waals surface area contributed by atoms with Crippen molar-refractivity contribution in [3.05, 3.63) is 29.8 Å². The summed E-state index contributed by atoms with van der Waals surface area (Å²) in [4.78, 5) is 170. The fourth-order valence-electron chi connectivity index (χ4n) is 7.79. The third-order valence-electron chi connectivity index (χ3n) is 11.6. The van der Waals surface area contributed by atoms with E-state index in [0.29, 0.717) is 11.3 Å². The zero-order valence-corrected chi connectivity index (χ0v) is 44.5. The summed E-state index contributed by atoms with van der Waals surface area (Å²) in [6.07, 6.45) is -1.87. The fraction of sp³-hybridized carbons (Fsp3) is 0.556. The molecule has 2 aliphatic rings. The number of benzene rings is 1. The molecule has 78 heavy (non-hydrogen) atoms. The van der Waals surface area contributed by atoms with Gasteiger partial charge in [-0.05, 0) is 56.2 Å². The number of hydrogen-bond acceptors (Lipinski definition) is 17. The lowest BCUT2D eigenvalue weighted by molar-refractivity contribution is -0.143. The number of guanidine groups is 2. The minimum Gasteiger partial charge on any atom is -0.497 e. The van der Waals surface area contributed by atoms with Gasteiger partial charge in [0.2, 0.25) is 65.0 Å². The number of ether oxygens (including phenoxy) is 1. The molecule has 0 aromatic heterocycles.